The smallest absolute Gasteiger partial charge is 0.356 e. The molecule has 6 heteroatoms. The number of nitrogens with one attached hydrogen (secondary N) is 1. The fourth-order valence-electron chi connectivity index (χ4n) is 0.662. The quantitative estimate of drug-likeness (QED) is 0.634. The van der Waals surface area contributed by atoms with Gasteiger partial charge in [0.2, 0.25) is 5.91 Å². The molecule has 1 heterocycles. The minimum absolute atomic E-state index is 0.108. The monoisotopic (exact) mass is 169 g/mol. The van der Waals surface area contributed by atoms with E-state index in [-0.39, 0.29) is 11.6 Å². The Balaban J connectivity index is 2.77. The standard InChI is InChI=1S/C6H7N3O3/c1-4(10)7-9-3-2-5(8-9)6(11)12/h2-3H,1H3,(H,7,10)(H,11,12). The summed E-state index contributed by atoms with van der Waals surface area (Å²) in [6, 6.07) is 1.29. The predicted octanol–water partition coefficient (Wildman–Crippen LogP) is -0.329. The Morgan fingerprint density at radius 1 is 1.67 bits per heavy atom. The maximum Gasteiger partial charge on any atom is 0.356 e. The molecule has 0 bridgehead atoms. The Morgan fingerprint density at radius 3 is 2.75 bits per heavy atom. The van der Waals surface area contributed by atoms with Crippen LogP contribution in [-0.4, -0.2) is 26.9 Å². The van der Waals surface area contributed by atoms with Crippen LogP contribution in [0.2, 0.25) is 0 Å². The Hall–Kier alpha value is -1.85. The number of carboxylic acid groups (broad SMARTS) is 1. The number of rotatable bonds is 2. The van der Waals surface area contributed by atoms with Crippen LogP contribution >= 0.6 is 0 Å². The summed E-state index contributed by atoms with van der Waals surface area (Å²) >= 11 is 0. The molecule has 0 saturated heterocycles. The predicted molar refractivity (Wildman–Crippen MR) is 39.2 cm³/mol. The molecular formula is C6H7N3O3. The number of carbonyl (C=O) groups is 2. The fraction of sp³-hybridized carbons (Fsp3) is 0.167. The minimum atomic E-state index is -1.13. The molecule has 64 valence electrons. The van der Waals surface area contributed by atoms with Crippen LogP contribution < -0.4 is 5.43 Å². The molecule has 1 rings (SSSR count). The van der Waals surface area contributed by atoms with Gasteiger partial charge in [0.25, 0.3) is 0 Å². The molecule has 0 fully saturated rings. The molecule has 1 aromatic heterocycles. The number of aromatic carboxylic acids is 1. The zero-order valence-electron chi connectivity index (χ0n) is 6.31. The lowest BCUT2D eigenvalue weighted by molar-refractivity contribution is -0.115. The largest absolute Gasteiger partial charge is 0.476 e. The molecule has 1 aromatic rings. The molecule has 1 amide bonds. The van der Waals surface area contributed by atoms with Crippen molar-refractivity contribution >= 4 is 11.9 Å². The molecule has 0 aromatic carbocycles. The van der Waals surface area contributed by atoms with Gasteiger partial charge < -0.3 is 5.11 Å². The lowest BCUT2D eigenvalue weighted by Crippen LogP contribution is -2.20. The van der Waals surface area contributed by atoms with Crippen molar-refractivity contribution in [2.75, 3.05) is 5.43 Å². The third-order valence-electron chi connectivity index (χ3n) is 1.08. The maximum absolute atomic E-state index is 10.5. The highest BCUT2D eigenvalue weighted by Gasteiger charge is 2.06. The van der Waals surface area contributed by atoms with E-state index in [2.05, 4.69) is 10.5 Å². The van der Waals surface area contributed by atoms with E-state index in [9.17, 15) is 9.59 Å². The van der Waals surface area contributed by atoms with E-state index in [0.717, 1.165) is 4.79 Å². The molecule has 12 heavy (non-hydrogen) atoms. The SMILES string of the molecule is CC(=O)Nn1ccc(C(=O)O)n1. The van der Waals surface area contributed by atoms with Crippen molar-refractivity contribution in [3.05, 3.63) is 18.0 Å². The van der Waals surface area contributed by atoms with Crippen molar-refractivity contribution < 1.29 is 14.7 Å². The van der Waals surface area contributed by atoms with Gasteiger partial charge in [0.05, 0.1) is 0 Å². The summed E-state index contributed by atoms with van der Waals surface area (Å²) in [6.07, 6.45) is 1.35. The fourth-order valence-corrected chi connectivity index (χ4v) is 0.662. The molecule has 0 atom stereocenters. The van der Waals surface area contributed by atoms with Gasteiger partial charge in [-0.3, -0.25) is 4.79 Å². The second-order valence-corrected chi connectivity index (χ2v) is 2.12. The first-order valence-corrected chi connectivity index (χ1v) is 3.16. The van der Waals surface area contributed by atoms with E-state index < -0.39 is 5.97 Å². The highest BCUT2D eigenvalue weighted by molar-refractivity contribution is 5.85. The summed E-state index contributed by atoms with van der Waals surface area (Å²) < 4.78 is 0. The summed E-state index contributed by atoms with van der Waals surface area (Å²) in [5.74, 6) is -1.44. The second kappa shape index (κ2) is 3.04. The van der Waals surface area contributed by atoms with E-state index in [1.165, 1.54) is 19.2 Å². The van der Waals surface area contributed by atoms with Crippen molar-refractivity contribution in [3.63, 3.8) is 0 Å². The highest BCUT2D eigenvalue weighted by atomic mass is 16.4. The molecule has 0 saturated carbocycles. The number of nitrogens with zero attached hydrogens (tertiary/aromatic N) is 2. The summed E-state index contributed by atoms with van der Waals surface area (Å²) in [6.45, 7) is 1.31. The van der Waals surface area contributed by atoms with Gasteiger partial charge in [-0.05, 0) is 6.07 Å². The first-order chi connectivity index (χ1) is 5.59. The first-order valence-electron chi connectivity index (χ1n) is 3.16. The van der Waals surface area contributed by atoms with Crippen LogP contribution in [0.25, 0.3) is 0 Å². The normalized spacial score (nSPS) is 9.42. The van der Waals surface area contributed by atoms with Gasteiger partial charge in [-0.25, -0.2) is 10.2 Å². The average molecular weight is 169 g/mol. The molecule has 0 aliphatic heterocycles. The van der Waals surface area contributed by atoms with Gasteiger partial charge in [0.15, 0.2) is 5.69 Å². The van der Waals surface area contributed by atoms with Crippen LogP contribution in [0.5, 0.6) is 0 Å². The van der Waals surface area contributed by atoms with E-state index in [1.54, 1.807) is 0 Å². The number of hydrogen-bond donors (Lipinski definition) is 2. The lowest BCUT2D eigenvalue weighted by Gasteiger charge is -1.98. The van der Waals surface area contributed by atoms with Crippen molar-refractivity contribution in [1.82, 2.24) is 9.89 Å². The molecule has 0 unspecified atom stereocenters. The van der Waals surface area contributed by atoms with Crippen LogP contribution in [0.4, 0.5) is 0 Å². The Labute approximate surface area is 67.8 Å². The van der Waals surface area contributed by atoms with Gasteiger partial charge in [-0.15, -0.1) is 5.10 Å². The lowest BCUT2D eigenvalue weighted by atomic mass is 10.5. The Kier molecular flexibility index (Phi) is 2.09. The molecule has 0 aliphatic rings. The topological polar surface area (TPSA) is 84.2 Å². The van der Waals surface area contributed by atoms with Crippen molar-refractivity contribution in [3.8, 4) is 0 Å². The van der Waals surface area contributed by atoms with Gasteiger partial charge in [-0.2, -0.15) is 4.79 Å². The van der Waals surface area contributed by atoms with Crippen LogP contribution in [0.15, 0.2) is 12.3 Å². The second-order valence-electron chi connectivity index (χ2n) is 2.12. The molecular weight excluding hydrogens is 162 g/mol. The van der Waals surface area contributed by atoms with Crippen LogP contribution in [0.3, 0.4) is 0 Å². The third kappa shape index (κ3) is 1.82. The number of carbonyl (C=O) groups excluding carboxylic acids is 1. The number of aromatic nitrogens is 2. The van der Waals surface area contributed by atoms with Gasteiger partial charge in [0, 0.05) is 13.1 Å². The zero-order valence-corrected chi connectivity index (χ0v) is 6.31. The number of hydrogen-bond acceptors (Lipinski definition) is 3. The van der Waals surface area contributed by atoms with Gasteiger partial charge >= 0.3 is 5.97 Å². The summed E-state index contributed by atoms with van der Waals surface area (Å²) in [5, 5.41) is 12.0. The number of amides is 1. The van der Waals surface area contributed by atoms with E-state index in [1.807, 2.05) is 0 Å². The van der Waals surface area contributed by atoms with Crippen molar-refractivity contribution in [2.45, 2.75) is 6.92 Å². The van der Waals surface area contributed by atoms with Gasteiger partial charge in [0.1, 0.15) is 0 Å². The molecule has 0 radical (unpaired) electrons. The molecule has 6 nitrogen and oxygen atoms in total. The first kappa shape index (κ1) is 8.25. The van der Waals surface area contributed by atoms with Gasteiger partial charge in [-0.1, -0.05) is 0 Å². The third-order valence-corrected chi connectivity index (χ3v) is 1.08. The zero-order chi connectivity index (χ0) is 9.14. The Bertz CT molecular complexity index is 318. The van der Waals surface area contributed by atoms with E-state index >= 15 is 0 Å². The Morgan fingerprint density at radius 2 is 2.33 bits per heavy atom. The molecule has 0 aliphatic carbocycles. The summed E-state index contributed by atoms with van der Waals surface area (Å²) in [4.78, 5) is 21.8. The van der Waals surface area contributed by atoms with Crippen LogP contribution in [0.1, 0.15) is 17.4 Å². The average Bonchev–Trinajstić information content (AvgIpc) is 2.34. The molecule has 2 N–H and O–H groups in total. The van der Waals surface area contributed by atoms with Crippen molar-refractivity contribution in [2.24, 2.45) is 0 Å². The molecule has 0 spiro atoms. The maximum atomic E-state index is 10.5. The number of carboxylic acids is 1. The van der Waals surface area contributed by atoms with E-state index in [0.29, 0.717) is 0 Å². The summed E-state index contributed by atoms with van der Waals surface area (Å²) in [7, 11) is 0. The van der Waals surface area contributed by atoms with Crippen molar-refractivity contribution in [1.29, 1.82) is 0 Å². The van der Waals surface area contributed by atoms with E-state index in [4.69, 9.17) is 5.11 Å². The summed E-state index contributed by atoms with van der Waals surface area (Å²) in [5.41, 5.74) is 2.18. The minimum Gasteiger partial charge on any atom is -0.476 e. The highest BCUT2D eigenvalue weighted by Crippen LogP contribution is 1.92. The van der Waals surface area contributed by atoms with Crippen LogP contribution in [-0.2, 0) is 4.79 Å². The van der Waals surface area contributed by atoms with Crippen LogP contribution in [0, 0.1) is 0 Å².